The quantitative estimate of drug-likeness (QED) is 0.616. The van der Waals surface area contributed by atoms with E-state index in [2.05, 4.69) is 74.6 Å². The van der Waals surface area contributed by atoms with E-state index in [1.807, 2.05) is 0 Å². The third kappa shape index (κ3) is 3.97. The van der Waals surface area contributed by atoms with Gasteiger partial charge >= 0.3 is 0 Å². The molecule has 0 saturated heterocycles. The Morgan fingerprint density at radius 1 is 0.828 bits per heavy atom. The predicted octanol–water partition coefficient (Wildman–Crippen LogP) is 6.41. The minimum atomic E-state index is 0.365. The summed E-state index contributed by atoms with van der Waals surface area (Å²) < 4.78 is 5.97. The van der Waals surface area contributed by atoms with Gasteiger partial charge in [-0.3, -0.25) is 0 Å². The highest BCUT2D eigenvalue weighted by Crippen LogP contribution is 2.66. The molecule has 4 saturated carbocycles. The van der Waals surface area contributed by atoms with Crippen LogP contribution in [-0.2, 0) is 13.2 Å². The summed E-state index contributed by atoms with van der Waals surface area (Å²) in [5.41, 5.74) is 5.35. The van der Waals surface area contributed by atoms with Crippen LogP contribution >= 0.6 is 0 Å². The van der Waals surface area contributed by atoms with E-state index in [9.17, 15) is 0 Å². The van der Waals surface area contributed by atoms with E-state index < -0.39 is 0 Å². The van der Waals surface area contributed by atoms with Crippen LogP contribution in [0.5, 0.6) is 5.75 Å². The maximum atomic E-state index is 5.97. The average Bonchev–Trinajstić information content (AvgIpc) is 2.64. The van der Waals surface area contributed by atoms with Gasteiger partial charge in [0.2, 0.25) is 0 Å². The molecule has 0 aliphatic heterocycles. The lowest BCUT2D eigenvalue weighted by molar-refractivity contribution is -0.118. The Hall–Kier alpha value is -1.80. The van der Waals surface area contributed by atoms with Gasteiger partial charge in [0.1, 0.15) is 12.4 Å². The number of benzene rings is 2. The van der Waals surface area contributed by atoms with Crippen molar-refractivity contribution in [3.05, 3.63) is 65.2 Å². The molecule has 0 heterocycles. The molecule has 154 valence electrons. The fourth-order valence-electron chi connectivity index (χ4n) is 7.49. The highest BCUT2D eigenvalue weighted by atomic mass is 16.5. The highest BCUT2D eigenvalue weighted by molar-refractivity contribution is 5.28. The van der Waals surface area contributed by atoms with E-state index in [0.29, 0.717) is 23.0 Å². The molecule has 6 rings (SSSR count). The van der Waals surface area contributed by atoms with Gasteiger partial charge in [0.25, 0.3) is 0 Å². The van der Waals surface area contributed by atoms with Crippen molar-refractivity contribution in [1.82, 2.24) is 5.32 Å². The standard InChI is InChI=1S/C27H35NO/c1-20-4-6-22(7-5-20)16-29-24-10-8-21(9-11-24)15-28-27-14-23-12-25(2,18-27)17-26(3,13-23)19-27/h4-11,23,28H,12-19H2,1-3H3. The fourth-order valence-corrected chi connectivity index (χ4v) is 7.49. The number of hydrogen-bond donors (Lipinski definition) is 1. The summed E-state index contributed by atoms with van der Waals surface area (Å²) in [6.07, 6.45) is 8.47. The summed E-state index contributed by atoms with van der Waals surface area (Å²) in [4.78, 5) is 0. The second-order valence-electron chi connectivity index (χ2n) is 11.2. The largest absolute Gasteiger partial charge is 0.489 e. The van der Waals surface area contributed by atoms with Gasteiger partial charge in [0, 0.05) is 12.1 Å². The van der Waals surface area contributed by atoms with Crippen molar-refractivity contribution >= 4 is 0 Å². The minimum absolute atomic E-state index is 0.365. The Kier molecular flexibility index (Phi) is 4.55. The van der Waals surface area contributed by atoms with Crippen molar-refractivity contribution in [2.24, 2.45) is 16.7 Å². The Bertz CT molecular complexity index is 850. The lowest BCUT2D eigenvalue weighted by atomic mass is 9.43. The average molecular weight is 390 g/mol. The van der Waals surface area contributed by atoms with E-state index in [0.717, 1.165) is 18.2 Å². The van der Waals surface area contributed by atoms with Gasteiger partial charge in [-0.25, -0.2) is 0 Å². The second-order valence-corrected chi connectivity index (χ2v) is 11.2. The number of hydrogen-bond acceptors (Lipinski definition) is 2. The number of nitrogens with one attached hydrogen (secondary N) is 1. The molecule has 0 amide bonds. The number of aryl methyl sites for hydroxylation is 1. The summed E-state index contributed by atoms with van der Waals surface area (Å²) in [7, 11) is 0. The molecular weight excluding hydrogens is 354 g/mol. The molecule has 2 atom stereocenters. The van der Waals surface area contributed by atoms with Crippen LogP contribution in [0, 0.1) is 23.7 Å². The van der Waals surface area contributed by atoms with Crippen molar-refractivity contribution in [1.29, 1.82) is 0 Å². The normalized spacial score (nSPS) is 35.1. The first-order valence-electron chi connectivity index (χ1n) is 11.4. The molecule has 2 heteroatoms. The van der Waals surface area contributed by atoms with E-state index in [1.165, 1.54) is 55.2 Å². The third-order valence-corrected chi connectivity index (χ3v) is 7.74. The third-order valence-electron chi connectivity index (χ3n) is 7.74. The summed E-state index contributed by atoms with van der Waals surface area (Å²) in [5.74, 6) is 1.88. The lowest BCUT2D eigenvalue weighted by Crippen LogP contribution is -2.63. The summed E-state index contributed by atoms with van der Waals surface area (Å²) in [6, 6.07) is 17.2. The van der Waals surface area contributed by atoms with E-state index in [1.54, 1.807) is 0 Å². The van der Waals surface area contributed by atoms with Crippen LogP contribution in [0.1, 0.15) is 69.1 Å². The Balaban J connectivity index is 1.19. The summed E-state index contributed by atoms with van der Waals surface area (Å²) in [6.45, 7) is 8.80. The van der Waals surface area contributed by atoms with Crippen LogP contribution in [0.15, 0.2) is 48.5 Å². The van der Waals surface area contributed by atoms with Crippen LogP contribution in [0.2, 0.25) is 0 Å². The molecule has 1 N–H and O–H groups in total. The van der Waals surface area contributed by atoms with Crippen LogP contribution in [0.4, 0.5) is 0 Å². The molecule has 2 unspecified atom stereocenters. The molecular formula is C27H35NO. The number of rotatable bonds is 6. The van der Waals surface area contributed by atoms with Crippen LogP contribution in [-0.4, -0.2) is 5.54 Å². The molecule has 0 spiro atoms. The van der Waals surface area contributed by atoms with Crippen molar-refractivity contribution in [2.45, 2.75) is 78.0 Å². The van der Waals surface area contributed by atoms with Crippen LogP contribution < -0.4 is 10.1 Å². The molecule has 2 aromatic carbocycles. The first-order chi connectivity index (χ1) is 13.8. The minimum Gasteiger partial charge on any atom is -0.489 e. The zero-order valence-corrected chi connectivity index (χ0v) is 18.3. The summed E-state index contributed by atoms with van der Waals surface area (Å²) in [5, 5.41) is 4.04. The molecule has 4 aliphatic rings. The van der Waals surface area contributed by atoms with Gasteiger partial charge in [0.05, 0.1) is 0 Å². The fraction of sp³-hybridized carbons (Fsp3) is 0.556. The first-order valence-corrected chi connectivity index (χ1v) is 11.4. The molecule has 4 aliphatic carbocycles. The lowest BCUT2D eigenvalue weighted by Gasteiger charge is -2.65. The molecule has 0 radical (unpaired) electrons. The molecule has 2 nitrogen and oxygen atoms in total. The van der Waals surface area contributed by atoms with Gasteiger partial charge in [-0.1, -0.05) is 55.8 Å². The molecule has 2 aromatic rings. The Morgan fingerprint density at radius 3 is 2.07 bits per heavy atom. The van der Waals surface area contributed by atoms with Crippen LogP contribution in [0.25, 0.3) is 0 Å². The van der Waals surface area contributed by atoms with Crippen molar-refractivity contribution in [2.75, 3.05) is 0 Å². The molecule has 29 heavy (non-hydrogen) atoms. The van der Waals surface area contributed by atoms with Gasteiger partial charge in [-0.2, -0.15) is 0 Å². The van der Waals surface area contributed by atoms with E-state index in [4.69, 9.17) is 4.74 Å². The Labute approximate surface area is 176 Å². The highest BCUT2D eigenvalue weighted by Gasteiger charge is 2.59. The van der Waals surface area contributed by atoms with Crippen molar-refractivity contribution < 1.29 is 4.74 Å². The monoisotopic (exact) mass is 389 g/mol. The zero-order chi connectivity index (χ0) is 20.1. The van der Waals surface area contributed by atoms with Crippen molar-refractivity contribution in [3.8, 4) is 5.75 Å². The second kappa shape index (κ2) is 6.87. The molecule has 4 fully saturated rings. The maximum absolute atomic E-state index is 5.97. The SMILES string of the molecule is Cc1ccc(COc2ccc(CNC34CC5CC(C)(CC(C)(C5)C3)C4)cc2)cc1. The summed E-state index contributed by atoms with van der Waals surface area (Å²) >= 11 is 0. The van der Waals surface area contributed by atoms with Gasteiger partial charge < -0.3 is 10.1 Å². The van der Waals surface area contributed by atoms with E-state index in [-0.39, 0.29) is 0 Å². The van der Waals surface area contributed by atoms with E-state index >= 15 is 0 Å². The first kappa shape index (κ1) is 19.2. The zero-order valence-electron chi connectivity index (χ0n) is 18.3. The smallest absolute Gasteiger partial charge is 0.119 e. The van der Waals surface area contributed by atoms with Crippen LogP contribution in [0.3, 0.4) is 0 Å². The molecule has 4 bridgehead atoms. The predicted molar refractivity (Wildman–Crippen MR) is 119 cm³/mol. The van der Waals surface area contributed by atoms with Gasteiger partial charge in [0.15, 0.2) is 0 Å². The van der Waals surface area contributed by atoms with Gasteiger partial charge in [-0.05, 0) is 85.5 Å². The Morgan fingerprint density at radius 2 is 1.45 bits per heavy atom. The van der Waals surface area contributed by atoms with Crippen molar-refractivity contribution in [3.63, 3.8) is 0 Å². The molecule has 0 aromatic heterocycles. The maximum Gasteiger partial charge on any atom is 0.119 e. The van der Waals surface area contributed by atoms with Gasteiger partial charge in [-0.15, -0.1) is 0 Å². The topological polar surface area (TPSA) is 21.3 Å². The number of ether oxygens (including phenoxy) is 1.